The number of nitrogens with one attached hydrogen (secondary N) is 1. The van der Waals surface area contributed by atoms with Gasteiger partial charge in [0.05, 0.1) is 13.2 Å². The van der Waals surface area contributed by atoms with E-state index in [1.54, 1.807) is 4.90 Å². The maximum absolute atomic E-state index is 14.5. The van der Waals surface area contributed by atoms with Gasteiger partial charge < -0.3 is 9.64 Å². The SMILES string of the molecule is O=S(=O)(N[C@H]1CCN(Cc2ccccc2)C1)c1cnc(N2CCOCC2)c(F)c1. The van der Waals surface area contributed by atoms with Gasteiger partial charge in [0.25, 0.3) is 0 Å². The number of likely N-dealkylation sites (tertiary alicyclic amines) is 1. The molecule has 1 atom stereocenters. The van der Waals surface area contributed by atoms with Crippen LogP contribution in [0.5, 0.6) is 0 Å². The molecular weight excluding hydrogens is 395 g/mol. The third-order valence-electron chi connectivity index (χ3n) is 5.26. The molecule has 4 rings (SSSR count). The smallest absolute Gasteiger partial charge is 0.242 e. The fraction of sp³-hybridized carbons (Fsp3) is 0.450. The summed E-state index contributed by atoms with van der Waals surface area (Å²) in [5.74, 6) is -0.464. The van der Waals surface area contributed by atoms with Crippen LogP contribution in [0.1, 0.15) is 12.0 Å². The summed E-state index contributed by atoms with van der Waals surface area (Å²) in [4.78, 5) is 7.91. The predicted octanol–water partition coefficient (Wildman–Crippen LogP) is 1.61. The van der Waals surface area contributed by atoms with E-state index in [1.165, 1.54) is 11.8 Å². The molecule has 2 aliphatic rings. The van der Waals surface area contributed by atoms with Crippen LogP contribution >= 0.6 is 0 Å². The molecular formula is C20H25FN4O3S. The predicted molar refractivity (Wildman–Crippen MR) is 108 cm³/mol. The van der Waals surface area contributed by atoms with Gasteiger partial charge >= 0.3 is 0 Å². The lowest BCUT2D eigenvalue weighted by Gasteiger charge is -2.28. The zero-order chi connectivity index (χ0) is 20.3. The van der Waals surface area contributed by atoms with E-state index in [0.717, 1.165) is 19.2 Å². The Hall–Kier alpha value is -2.07. The number of rotatable bonds is 6. The lowest BCUT2D eigenvalue weighted by atomic mass is 10.2. The highest BCUT2D eigenvalue weighted by molar-refractivity contribution is 7.89. The summed E-state index contributed by atoms with van der Waals surface area (Å²) in [5, 5.41) is 0. The summed E-state index contributed by atoms with van der Waals surface area (Å²) < 4.78 is 47.9. The second kappa shape index (κ2) is 8.74. The summed E-state index contributed by atoms with van der Waals surface area (Å²) in [6, 6.07) is 10.9. The Morgan fingerprint density at radius 2 is 1.93 bits per heavy atom. The number of aromatic nitrogens is 1. The first-order chi connectivity index (χ1) is 14.0. The van der Waals surface area contributed by atoms with Gasteiger partial charge in [-0.2, -0.15) is 0 Å². The van der Waals surface area contributed by atoms with E-state index in [0.29, 0.717) is 39.3 Å². The van der Waals surface area contributed by atoms with Crippen molar-refractivity contribution in [3.05, 3.63) is 54.0 Å². The van der Waals surface area contributed by atoms with Crippen LogP contribution < -0.4 is 9.62 Å². The van der Waals surface area contributed by atoms with Crippen LogP contribution in [0, 0.1) is 5.82 Å². The largest absolute Gasteiger partial charge is 0.378 e. The van der Waals surface area contributed by atoms with Crippen LogP contribution in [0.3, 0.4) is 0 Å². The van der Waals surface area contributed by atoms with Gasteiger partial charge in [-0.1, -0.05) is 30.3 Å². The van der Waals surface area contributed by atoms with Crippen molar-refractivity contribution in [2.24, 2.45) is 0 Å². The minimum absolute atomic E-state index is 0.145. The van der Waals surface area contributed by atoms with E-state index < -0.39 is 15.8 Å². The van der Waals surface area contributed by atoms with Crippen molar-refractivity contribution in [2.75, 3.05) is 44.3 Å². The van der Waals surface area contributed by atoms with Gasteiger partial charge in [-0.05, 0) is 18.1 Å². The van der Waals surface area contributed by atoms with Gasteiger partial charge in [-0.15, -0.1) is 0 Å². The van der Waals surface area contributed by atoms with Crippen molar-refractivity contribution in [2.45, 2.75) is 23.9 Å². The summed E-state index contributed by atoms with van der Waals surface area (Å²) in [7, 11) is -3.83. The first-order valence-corrected chi connectivity index (χ1v) is 11.3. The van der Waals surface area contributed by atoms with E-state index in [4.69, 9.17) is 4.74 Å². The maximum Gasteiger partial charge on any atom is 0.242 e. The Kier molecular flexibility index (Phi) is 6.09. The number of ether oxygens (including phenoxy) is 1. The molecule has 3 heterocycles. The Bertz CT molecular complexity index is 936. The number of nitrogens with zero attached hydrogens (tertiary/aromatic N) is 3. The average molecular weight is 421 g/mol. The fourth-order valence-electron chi connectivity index (χ4n) is 3.77. The van der Waals surface area contributed by atoms with E-state index in [9.17, 15) is 12.8 Å². The highest BCUT2D eigenvalue weighted by Crippen LogP contribution is 2.22. The third-order valence-corrected chi connectivity index (χ3v) is 6.75. The van der Waals surface area contributed by atoms with Crippen molar-refractivity contribution < 1.29 is 17.5 Å². The van der Waals surface area contributed by atoms with Crippen molar-refractivity contribution in [3.8, 4) is 0 Å². The number of hydrogen-bond acceptors (Lipinski definition) is 6. The number of morpholine rings is 1. The zero-order valence-electron chi connectivity index (χ0n) is 16.1. The molecule has 0 bridgehead atoms. The molecule has 0 amide bonds. The lowest BCUT2D eigenvalue weighted by Crippen LogP contribution is -2.38. The average Bonchev–Trinajstić information content (AvgIpc) is 3.15. The molecule has 1 N–H and O–H groups in total. The standard InChI is InChI=1S/C20H25FN4O3S/c21-19-12-18(13-22-20(19)25-8-10-28-11-9-25)29(26,27)23-17-6-7-24(15-17)14-16-4-2-1-3-5-16/h1-5,12-13,17,23H,6-11,14-15H2/t17-/m0/s1. The molecule has 9 heteroatoms. The van der Waals surface area contributed by atoms with Gasteiger partial charge in [-0.25, -0.2) is 22.5 Å². The van der Waals surface area contributed by atoms with E-state index in [1.807, 2.05) is 18.2 Å². The zero-order valence-corrected chi connectivity index (χ0v) is 16.9. The molecule has 0 aliphatic carbocycles. The molecule has 2 aliphatic heterocycles. The summed E-state index contributed by atoms with van der Waals surface area (Å²) in [6.45, 7) is 4.29. The van der Waals surface area contributed by atoms with Gasteiger partial charge in [0.2, 0.25) is 10.0 Å². The quantitative estimate of drug-likeness (QED) is 0.765. The molecule has 2 fully saturated rings. The van der Waals surface area contributed by atoms with E-state index in [-0.39, 0.29) is 16.8 Å². The summed E-state index contributed by atoms with van der Waals surface area (Å²) in [5.41, 5.74) is 1.20. The molecule has 2 saturated heterocycles. The Morgan fingerprint density at radius 1 is 1.17 bits per heavy atom. The molecule has 156 valence electrons. The van der Waals surface area contributed by atoms with Crippen LogP contribution in [-0.2, 0) is 21.3 Å². The van der Waals surface area contributed by atoms with Crippen LogP contribution in [0.2, 0.25) is 0 Å². The first kappa shape index (κ1) is 20.2. The fourth-order valence-corrected chi connectivity index (χ4v) is 4.99. The number of anilines is 1. The molecule has 1 aromatic carbocycles. The van der Waals surface area contributed by atoms with Crippen molar-refractivity contribution in [1.82, 2.24) is 14.6 Å². The number of pyridine rings is 1. The number of benzene rings is 1. The molecule has 2 aromatic rings. The van der Waals surface area contributed by atoms with Crippen LogP contribution in [0.15, 0.2) is 47.5 Å². The van der Waals surface area contributed by atoms with Crippen LogP contribution in [0.25, 0.3) is 0 Å². The first-order valence-electron chi connectivity index (χ1n) is 9.78. The molecule has 29 heavy (non-hydrogen) atoms. The summed E-state index contributed by atoms with van der Waals surface area (Å²) in [6.07, 6.45) is 1.95. The van der Waals surface area contributed by atoms with Gasteiger partial charge in [0, 0.05) is 45.0 Å². The Balaban J connectivity index is 1.39. The normalized spacial score (nSPS) is 20.9. The highest BCUT2D eigenvalue weighted by Gasteiger charge is 2.28. The number of sulfonamides is 1. The molecule has 0 radical (unpaired) electrons. The molecule has 0 saturated carbocycles. The molecule has 7 nitrogen and oxygen atoms in total. The monoisotopic (exact) mass is 420 g/mol. The van der Waals surface area contributed by atoms with Gasteiger partial charge in [-0.3, -0.25) is 4.90 Å². The van der Waals surface area contributed by atoms with Crippen molar-refractivity contribution in [1.29, 1.82) is 0 Å². The van der Waals surface area contributed by atoms with Crippen molar-refractivity contribution in [3.63, 3.8) is 0 Å². The lowest BCUT2D eigenvalue weighted by molar-refractivity contribution is 0.122. The van der Waals surface area contributed by atoms with Crippen molar-refractivity contribution >= 4 is 15.8 Å². The van der Waals surface area contributed by atoms with Gasteiger partial charge in [0.1, 0.15) is 4.90 Å². The Morgan fingerprint density at radius 3 is 2.66 bits per heavy atom. The topological polar surface area (TPSA) is 74.8 Å². The second-order valence-corrected chi connectivity index (χ2v) is 9.12. The van der Waals surface area contributed by atoms with Crippen LogP contribution in [-0.4, -0.2) is 63.7 Å². The van der Waals surface area contributed by atoms with E-state index >= 15 is 0 Å². The van der Waals surface area contributed by atoms with Gasteiger partial charge in [0.15, 0.2) is 11.6 Å². The molecule has 0 spiro atoms. The molecule has 0 unspecified atom stereocenters. The number of halogens is 1. The second-order valence-electron chi connectivity index (χ2n) is 7.40. The molecule has 1 aromatic heterocycles. The minimum atomic E-state index is -3.83. The minimum Gasteiger partial charge on any atom is -0.378 e. The maximum atomic E-state index is 14.5. The third kappa shape index (κ3) is 4.92. The van der Waals surface area contributed by atoms with Crippen LogP contribution in [0.4, 0.5) is 10.2 Å². The summed E-state index contributed by atoms with van der Waals surface area (Å²) >= 11 is 0. The Labute approximate surface area is 170 Å². The number of hydrogen-bond donors (Lipinski definition) is 1. The van der Waals surface area contributed by atoms with E-state index in [2.05, 4.69) is 26.7 Å². The highest BCUT2D eigenvalue weighted by atomic mass is 32.2.